The predicted molar refractivity (Wildman–Crippen MR) is 116 cm³/mol. The van der Waals surface area contributed by atoms with Crippen LogP contribution in [0, 0.1) is 5.92 Å². The molecule has 3 aromatic rings. The summed E-state index contributed by atoms with van der Waals surface area (Å²) in [5, 5.41) is 14.8. The number of aliphatic hydroxyl groups excluding tert-OH is 1. The van der Waals surface area contributed by atoms with Gasteiger partial charge in [0.15, 0.2) is 0 Å². The molecule has 2 aliphatic rings. The van der Waals surface area contributed by atoms with Gasteiger partial charge < -0.3 is 9.84 Å². The lowest BCUT2D eigenvalue weighted by molar-refractivity contribution is -0.148. The molecule has 0 saturated heterocycles. The van der Waals surface area contributed by atoms with E-state index in [1.54, 1.807) is 0 Å². The number of hydrogen-bond donors (Lipinski definition) is 2. The maximum absolute atomic E-state index is 12.1. The lowest BCUT2D eigenvalue weighted by Crippen LogP contribution is -2.52. The van der Waals surface area contributed by atoms with Crippen LogP contribution in [0.3, 0.4) is 0 Å². The molecular formula is C26H25NO3. The molecule has 0 radical (unpaired) electrons. The molecule has 2 N–H and O–H groups in total. The molecule has 0 spiro atoms. The second-order valence-corrected chi connectivity index (χ2v) is 8.16. The van der Waals surface area contributed by atoms with Crippen molar-refractivity contribution in [1.82, 2.24) is 5.32 Å². The van der Waals surface area contributed by atoms with Gasteiger partial charge in [0.2, 0.25) is 0 Å². The fourth-order valence-electron chi connectivity index (χ4n) is 5.30. The zero-order valence-electron chi connectivity index (χ0n) is 16.9. The molecule has 4 heteroatoms. The summed E-state index contributed by atoms with van der Waals surface area (Å²) in [7, 11) is 1.38. The molecule has 0 bridgehead atoms. The molecule has 4 nitrogen and oxygen atoms in total. The van der Waals surface area contributed by atoms with Gasteiger partial charge in [-0.15, -0.1) is 0 Å². The van der Waals surface area contributed by atoms with Crippen LogP contribution in [-0.2, 0) is 15.1 Å². The van der Waals surface area contributed by atoms with Gasteiger partial charge in [0.1, 0.15) is 0 Å². The van der Waals surface area contributed by atoms with Crippen molar-refractivity contribution in [3.63, 3.8) is 0 Å². The summed E-state index contributed by atoms with van der Waals surface area (Å²) in [6.45, 7) is 0. The summed E-state index contributed by atoms with van der Waals surface area (Å²) < 4.78 is 4.92. The molecule has 0 aromatic heterocycles. The Morgan fingerprint density at radius 3 is 2.07 bits per heavy atom. The van der Waals surface area contributed by atoms with Crippen molar-refractivity contribution in [2.75, 3.05) is 7.11 Å². The number of ether oxygens (including phenoxy) is 1. The third kappa shape index (κ3) is 2.72. The zero-order valence-corrected chi connectivity index (χ0v) is 16.9. The van der Waals surface area contributed by atoms with Crippen LogP contribution < -0.4 is 5.32 Å². The number of carbonyl (C=O) groups excluding carboxylic acids is 1. The monoisotopic (exact) mass is 399 g/mol. The Morgan fingerprint density at radius 2 is 1.47 bits per heavy atom. The van der Waals surface area contributed by atoms with Crippen molar-refractivity contribution < 1.29 is 14.6 Å². The molecule has 0 heterocycles. The Balaban J connectivity index is 1.67. The van der Waals surface area contributed by atoms with Gasteiger partial charge in [0.05, 0.1) is 24.7 Å². The zero-order chi connectivity index (χ0) is 20.7. The highest BCUT2D eigenvalue weighted by Crippen LogP contribution is 2.51. The molecule has 1 saturated carbocycles. The van der Waals surface area contributed by atoms with Gasteiger partial charge in [-0.25, -0.2) is 0 Å². The minimum absolute atomic E-state index is 0.228. The number of fused-ring (bicyclic) bond motifs is 3. The fraction of sp³-hybridized carbons (Fsp3) is 0.269. The first-order valence-electron chi connectivity index (χ1n) is 10.5. The van der Waals surface area contributed by atoms with Crippen molar-refractivity contribution in [1.29, 1.82) is 0 Å². The molecule has 3 atom stereocenters. The predicted octanol–water partition coefficient (Wildman–Crippen LogP) is 3.86. The Bertz CT molecular complexity index is 1030. The van der Waals surface area contributed by atoms with Crippen molar-refractivity contribution in [2.45, 2.75) is 30.5 Å². The second-order valence-electron chi connectivity index (χ2n) is 8.16. The van der Waals surface area contributed by atoms with Gasteiger partial charge in [-0.1, -0.05) is 78.9 Å². The smallest absolute Gasteiger partial charge is 0.311 e. The molecule has 30 heavy (non-hydrogen) atoms. The Labute approximate surface area is 176 Å². The van der Waals surface area contributed by atoms with E-state index < -0.39 is 17.6 Å². The van der Waals surface area contributed by atoms with Gasteiger partial charge in [-0.2, -0.15) is 0 Å². The van der Waals surface area contributed by atoms with Crippen molar-refractivity contribution in [3.05, 3.63) is 95.6 Å². The van der Waals surface area contributed by atoms with Gasteiger partial charge in [0.25, 0.3) is 0 Å². The lowest BCUT2D eigenvalue weighted by Gasteiger charge is -2.38. The molecule has 152 valence electrons. The Morgan fingerprint density at radius 1 is 0.900 bits per heavy atom. The van der Waals surface area contributed by atoms with E-state index in [0.29, 0.717) is 12.8 Å². The van der Waals surface area contributed by atoms with Gasteiger partial charge in [-0.05, 0) is 40.7 Å². The van der Waals surface area contributed by atoms with E-state index in [1.807, 2.05) is 18.2 Å². The highest BCUT2D eigenvalue weighted by molar-refractivity contribution is 5.83. The number of esters is 1. The number of benzene rings is 3. The number of methoxy groups -OCH3 is 1. The van der Waals surface area contributed by atoms with Crippen LogP contribution in [-0.4, -0.2) is 30.3 Å². The van der Waals surface area contributed by atoms with Crippen molar-refractivity contribution >= 4 is 5.97 Å². The maximum atomic E-state index is 12.1. The molecule has 2 unspecified atom stereocenters. The van der Waals surface area contributed by atoms with Crippen molar-refractivity contribution in [2.24, 2.45) is 5.92 Å². The van der Waals surface area contributed by atoms with Crippen LogP contribution in [0.2, 0.25) is 0 Å². The molecular weight excluding hydrogens is 374 g/mol. The van der Waals surface area contributed by atoms with E-state index in [0.717, 1.165) is 5.56 Å². The SMILES string of the molecule is COC(=O)C1CC[C@H](NC2(c3ccccc3)c3ccccc3-c3ccccc32)C1O. The molecule has 2 aliphatic carbocycles. The van der Waals surface area contributed by atoms with E-state index in [2.05, 4.69) is 66.0 Å². The average molecular weight is 399 g/mol. The maximum Gasteiger partial charge on any atom is 0.311 e. The highest BCUT2D eigenvalue weighted by atomic mass is 16.5. The molecule has 5 rings (SSSR count). The minimum Gasteiger partial charge on any atom is -0.469 e. The molecule has 3 aromatic carbocycles. The second kappa shape index (κ2) is 7.38. The number of hydrogen-bond acceptors (Lipinski definition) is 4. The summed E-state index contributed by atoms with van der Waals surface area (Å²) in [6.07, 6.45) is 0.525. The standard InChI is InChI=1S/C26H25NO3/c1-30-25(29)20-15-16-23(24(20)28)27-26(17-9-3-2-4-10-17)21-13-7-5-11-18(21)19-12-6-8-14-22(19)26/h2-14,20,23-24,27-28H,15-16H2,1H3/t20?,23-,24?/m0/s1. The van der Waals surface area contributed by atoms with E-state index >= 15 is 0 Å². The lowest BCUT2D eigenvalue weighted by atomic mass is 9.79. The first-order valence-corrected chi connectivity index (χ1v) is 10.5. The molecule has 1 fully saturated rings. The summed E-state index contributed by atoms with van der Waals surface area (Å²) in [5.41, 5.74) is 5.27. The summed E-state index contributed by atoms with van der Waals surface area (Å²) >= 11 is 0. The number of rotatable bonds is 4. The number of nitrogens with one attached hydrogen (secondary N) is 1. The van der Waals surface area contributed by atoms with Crippen LogP contribution in [0.1, 0.15) is 29.5 Å². The average Bonchev–Trinajstić information content (AvgIpc) is 3.31. The van der Waals surface area contributed by atoms with Crippen LogP contribution in [0.25, 0.3) is 11.1 Å². The van der Waals surface area contributed by atoms with Crippen LogP contribution in [0.15, 0.2) is 78.9 Å². The van der Waals surface area contributed by atoms with E-state index in [1.165, 1.54) is 29.4 Å². The van der Waals surface area contributed by atoms with Gasteiger partial charge in [0, 0.05) is 6.04 Å². The summed E-state index contributed by atoms with van der Waals surface area (Å²) in [6, 6.07) is 27.0. The highest BCUT2D eigenvalue weighted by Gasteiger charge is 2.49. The van der Waals surface area contributed by atoms with Crippen LogP contribution >= 0.6 is 0 Å². The quantitative estimate of drug-likeness (QED) is 0.654. The minimum atomic E-state index is -0.794. The van der Waals surface area contributed by atoms with Crippen LogP contribution in [0.4, 0.5) is 0 Å². The largest absolute Gasteiger partial charge is 0.469 e. The topological polar surface area (TPSA) is 58.6 Å². The first kappa shape index (κ1) is 19.0. The normalized spacial score (nSPS) is 23.6. The number of carbonyl (C=O) groups is 1. The number of aliphatic hydroxyl groups is 1. The van der Waals surface area contributed by atoms with Crippen molar-refractivity contribution in [3.8, 4) is 11.1 Å². The summed E-state index contributed by atoms with van der Waals surface area (Å²) in [4.78, 5) is 12.1. The third-order valence-electron chi connectivity index (χ3n) is 6.68. The van der Waals surface area contributed by atoms with E-state index in [9.17, 15) is 9.90 Å². The van der Waals surface area contributed by atoms with E-state index in [-0.39, 0.29) is 12.0 Å². The Hall–Kier alpha value is -2.95. The van der Waals surface area contributed by atoms with Gasteiger partial charge >= 0.3 is 5.97 Å². The van der Waals surface area contributed by atoms with Gasteiger partial charge in [-0.3, -0.25) is 10.1 Å². The summed E-state index contributed by atoms with van der Waals surface area (Å²) in [5.74, 6) is -0.833. The van der Waals surface area contributed by atoms with Crippen LogP contribution in [0.5, 0.6) is 0 Å². The molecule has 0 amide bonds. The van der Waals surface area contributed by atoms with E-state index in [4.69, 9.17) is 4.74 Å². The Kier molecular flexibility index (Phi) is 4.69. The first-order chi connectivity index (χ1) is 14.7. The molecule has 0 aliphatic heterocycles. The fourth-order valence-corrected chi connectivity index (χ4v) is 5.30. The third-order valence-corrected chi connectivity index (χ3v) is 6.68.